The fraction of sp³-hybridized carbons (Fsp3) is 0.125. The zero-order valence-corrected chi connectivity index (χ0v) is 22.2. The van der Waals surface area contributed by atoms with Crippen molar-refractivity contribution in [3.63, 3.8) is 0 Å². The van der Waals surface area contributed by atoms with Crippen LogP contribution in [0, 0.1) is 6.07 Å². The third kappa shape index (κ3) is 5.73. The SMILES string of the molecule is C[Si](C)=[Hf]([Cl])[Cl].[c-]1cccc2c1Cc1ccccc1-2.c1ccc2[cH-]ccc2c1. The number of rotatable bonds is 0. The second kappa shape index (κ2) is 10.6. The Morgan fingerprint density at radius 1 is 0.893 bits per heavy atom. The maximum atomic E-state index is 5.64. The van der Waals surface area contributed by atoms with Crippen LogP contribution in [0.2, 0.25) is 13.1 Å². The van der Waals surface area contributed by atoms with Crippen LogP contribution in [0.4, 0.5) is 0 Å². The minimum Gasteiger partial charge on any atom is -0.179 e. The summed E-state index contributed by atoms with van der Waals surface area (Å²) in [5, 5.41) is 2.66. The average Bonchev–Trinajstić information content (AvgIpc) is 3.33. The number of hydrogen-bond donors (Lipinski definition) is 0. The molecule has 0 saturated heterocycles. The first-order valence-electron chi connectivity index (χ1n) is 9.23. The summed E-state index contributed by atoms with van der Waals surface area (Å²) < 4.78 is 0. The van der Waals surface area contributed by atoms with Gasteiger partial charge in [-0.05, 0) is 6.42 Å². The molecule has 0 fully saturated rings. The molecule has 0 radical (unpaired) electrons. The van der Waals surface area contributed by atoms with Crippen LogP contribution in [-0.2, 0) is 24.1 Å². The van der Waals surface area contributed by atoms with E-state index < -0.39 is 17.7 Å². The quantitative estimate of drug-likeness (QED) is 0.128. The van der Waals surface area contributed by atoms with Gasteiger partial charge in [-0.15, -0.1) is 35.2 Å². The molecular formula is C24H22Cl2HfSi-2. The van der Waals surface area contributed by atoms with Crippen LogP contribution in [0.5, 0.6) is 0 Å². The number of benzene rings is 3. The van der Waals surface area contributed by atoms with Crippen molar-refractivity contribution in [3.8, 4) is 11.1 Å². The van der Waals surface area contributed by atoms with Gasteiger partial charge in [0.1, 0.15) is 0 Å². The first-order valence-corrected chi connectivity index (χ1v) is 26.0. The number of fused-ring (bicyclic) bond motifs is 4. The monoisotopic (exact) mass is 588 g/mol. The molecule has 4 aromatic carbocycles. The van der Waals surface area contributed by atoms with Crippen molar-refractivity contribution < 1.29 is 17.7 Å². The van der Waals surface area contributed by atoms with Crippen molar-refractivity contribution in [2.75, 3.05) is 0 Å². The summed E-state index contributed by atoms with van der Waals surface area (Å²) in [6.45, 7) is 4.35. The molecule has 0 N–H and O–H groups in total. The van der Waals surface area contributed by atoms with E-state index >= 15 is 0 Å². The summed E-state index contributed by atoms with van der Waals surface area (Å²) in [5.74, 6) is 0. The molecular weight excluding hydrogens is 566 g/mol. The first kappa shape index (κ1) is 21.6. The zero-order chi connectivity index (χ0) is 19.9. The molecule has 0 bridgehead atoms. The molecule has 0 unspecified atom stereocenters. The Labute approximate surface area is 182 Å². The molecule has 0 spiro atoms. The molecule has 4 heteroatoms. The fourth-order valence-corrected chi connectivity index (χ4v) is 3.07. The van der Waals surface area contributed by atoms with Crippen molar-refractivity contribution in [1.29, 1.82) is 0 Å². The van der Waals surface area contributed by atoms with Gasteiger partial charge < -0.3 is 0 Å². The van der Waals surface area contributed by atoms with Gasteiger partial charge in [0.25, 0.3) is 0 Å². The van der Waals surface area contributed by atoms with Crippen LogP contribution in [0.1, 0.15) is 11.1 Å². The Bertz CT molecular complexity index is 1010. The van der Waals surface area contributed by atoms with Gasteiger partial charge in [0, 0.05) is 0 Å². The second-order valence-electron chi connectivity index (χ2n) is 6.81. The molecule has 0 aromatic heterocycles. The first-order chi connectivity index (χ1) is 13.6. The number of hydrogen-bond acceptors (Lipinski definition) is 0. The molecule has 4 aromatic rings. The summed E-state index contributed by atoms with van der Waals surface area (Å²) in [6, 6.07) is 32.8. The van der Waals surface area contributed by atoms with Gasteiger partial charge in [-0.25, -0.2) is 0 Å². The molecule has 28 heavy (non-hydrogen) atoms. The molecule has 1 aliphatic rings. The van der Waals surface area contributed by atoms with E-state index in [1.807, 2.05) is 6.07 Å². The van der Waals surface area contributed by atoms with Gasteiger partial charge in [0.2, 0.25) is 0 Å². The van der Waals surface area contributed by atoms with Crippen molar-refractivity contribution in [1.82, 2.24) is 0 Å². The predicted molar refractivity (Wildman–Crippen MR) is 122 cm³/mol. The number of halogens is 2. The van der Waals surface area contributed by atoms with Crippen LogP contribution < -0.4 is 0 Å². The van der Waals surface area contributed by atoms with Crippen LogP contribution in [-0.4, -0.2) is 5.49 Å². The molecule has 0 amide bonds. The Balaban J connectivity index is 0.000000132. The van der Waals surface area contributed by atoms with Gasteiger partial charge in [0.15, 0.2) is 0 Å². The Morgan fingerprint density at radius 3 is 2.32 bits per heavy atom. The maximum absolute atomic E-state index is 5.64. The van der Waals surface area contributed by atoms with Crippen molar-refractivity contribution >= 4 is 33.4 Å². The summed E-state index contributed by atoms with van der Waals surface area (Å²) in [4.78, 5) is 0. The smallest absolute Gasteiger partial charge is 0.0253 e. The molecule has 5 rings (SSSR count). The molecule has 0 saturated carbocycles. The summed E-state index contributed by atoms with van der Waals surface area (Å²) in [6.07, 6.45) is 1.05. The van der Waals surface area contributed by atoms with Gasteiger partial charge in [-0.1, -0.05) is 41.5 Å². The van der Waals surface area contributed by atoms with Crippen LogP contribution in [0.15, 0.2) is 84.9 Å². The van der Waals surface area contributed by atoms with Crippen molar-refractivity contribution in [2.45, 2.75) is 19.5 Å². The Kier molecular flexibility index (Phi) is 8.22. The van der Waals surface area contributed by atoms with E-state index in [1.54, 1.807) is 0 Å². The van der Waals surface area contributed by atoms with Gasteiger partial charge in [-0.2, -0.15) is 47.3 Å². The largest absolute Gasteiger partial charge is 0.179 e. The van der Waals surface area contributed by atoms with E-state index in [9.17, 15) is 0 Å². The summed E-state index contributed by atoms with van der Waals surface area (Å²) in [7, 11) is 11.3. The minimum atomic E-state index is -1.78. The molecule has 0 aliphatic heterocycles. The van der Waals surface area contributed by atoms with Gasteiger partial charge in [-0.3, -0.25) is 0 Å². The third-order valence-corrected chi connectivity index (χ3v) is 32.0. The fourth-order valence-electron chi connectivity index (χ4n) is 3.07. The van der Waals surface area contributed by atoms with E-state index in [4.69, 9.17) is 17.2 Å². The van der Waals surface area contributed by atoms with E-state index in [2.05, 4.69) is 98.0 Å². The van der Waals surface area contributed by atoms with E-state index in [0.29, 0.717) is 0 Å². The van der Waals surface area contributed by atoms with Crippen LogP contribution >= 0.6 is 17.2 Å². The predicted octanol–water partition coefficient (Wildman–Crippen LogP) is 7.78. The Hall–Kier alpha value is -1.06. The van der Waals surface area contributed by atoms with Crippen molar-refractivity contribution in [2.24, 2.45) is 0 Å². The normalized spacial score (nSPS) is 10.7. The standard InChI is InChI=1S/C13H9.C9H7.C2H6Si.2ClH.Hf/c1-3-7-12-10(5-1)9-11-6-2-4-8-13(11)12;1-2-5-9-7-3-6-8(9)4-1;1-3-2;;;/h1-5,7-8H,9H2;1-7H;1-2H3;2*1H;/q2*-1;;;;+2/p-2. The topological polar surface area (TPSA) is 0 Å². The molecule has 0 nitrogen and oxygen atoms in total. The molecule has 142 valence electrons. The molecule has 0 atom stereocenters. The summed E-state index contributed by atoms with van der Waals surface area (Å²) in [5.41, 5.74) is 5.30. The van der Waals surface area contributed by atoms with Crippen molar-refractivity contribution in [3.05, 3.63) is 102 Å². The average molecular weight is 588 g/mol. The zero-order valence-electron chi connectivity index (χ0n) is 16.0. The van der Waals surface area contributed by atoms with E-state index in [-0.39, 0.29) is 5.49 Å². The third-order valence-electron chi connectivity index (χ3n) is 4.54. The van der Waals surface area contributed by atoms with E-state index in [0.717, 1.165) is 6.42 Å². The second-order valence-corrected chi connectivity index (χ2v) is 38.5. The summed E-state index contributed by atoms with van der Waals surface area (Å²) >= 11 is -1.78. The maximum Gasteiger partial charge on any atom is -0.0253 e. The molecule has 1 aliphatic carbocycles. The van der Waals surface area contributed by atoms with Gasteiger partial charge in [0.05, 0.1) is 0 Å². The minimum absolute atomic E-state index is 0.208. The van der Waals surface area contributed by atoms with Crippen LogP contribution in [0.3, 0.4) is 0 Å². The van der Waals surface area contributed by atoms with E-state index in [1.165, 1.54) is 33.0 Å². The van der Waals surface area contributed by atoms with Crippen LogP contribution in [0.25, 0.3) is 21.9 Å². The Morgan fingerprint density at radius 2 is 1.57 bits per heavy atom. The van der Waals surface area contributed by atoms with Gasteiger partial charge >= 0.3 is 53.4 Å². The molecule has 0 heterocycles.